The van der Waals surface area contributed by atoms with E-state index < -0.39 is 11.7 Å². The van der Waals surface area contributed by atoms with Gasteiger partial charge in [0.1, 0.15) is 12.4 Å². The number of pyridine rings is 1. The number of hydrogen-bond donors (Lipinski definition) is 0. The van der Waals surface area contributed by atoms with Gasteiger partial charge in [0.2, 0.25) is 0 Å². The molecule has 0 spiro atoms. The molecule has 0 bridgehead atoms. The summed E-state index contributed by atoms with van der Waals surface area (Å²) in [5, 5.41) is 0.0277. The lowest BCUT2D eigenvalue weighted by atomic mass is 10.1. The van der Waals surface area contributed by atoms with E-state index in [1.807, 2.05) is 0 Å². The van der Waals surface area contributed by atoms with Crippen LogP contribution in [0, 0.1) is 6.92 Å². The van der Waals surface area contributed by atoms with Crippen molar-refractivity contribution >= 4 is 11.6 Å². The van der Waals surface area contributed by atoms with Crippen molar-refractivity contribution in [2.75, 3.05) is 0 Å². The highest BCUT2D eigenvalue weighted by Gasteiger charge is 2.34. The zero-order valence-electron chi connectivity index (χ0n) is 10.5. The number of rotatable bonds is 3. The van der Waals surface area contributed by atoms with E-state index in [9.17, 15) is 13.2 Å². The summed E-state index contributed by atoms with van der Waals surface area (Å²) in [6.07, 6.45) is -3.01. The van der Waals surface area contributed by atoms with Gasteiger partial charge in [0.25, 0.3) is 0 Å². The van der Waals surface area contributed by atoms with Crippen LogP contribution in [-0.2, 0) is 12.8 Å². The number of ether oxygens (including phenoxy) is 1. The van der Waals surface area contributed by atoms with Crippen LogP contribution < -0.4 is 4.74 Å². The summed E-state index contributed by atoms with van der Waals surface area (Å²) in [6, 6.07) is 7.02. The predicted octanol–water partition coefficient (Wildman–Crippen LogP) is 4.64. The second kappa shape index (κ2) is 5.71. The summed E-state index contributed by atoms with van der Waals surface area (Å²) in [7, 11) is 0. The molecule has 0 saturated carbocycles. The number of benzene rings is 1. The molecule has 0 aliphatic rings. The fraction of sp³-hybridized carbons (Fsp3) is 0.214. The molecule has 2 rings (SSSR count). The first-order valence-corrected chi connectivity index (χ1v) is 6.16. The van der Waals surface area contributed by atoms with Crippen molar-refractivity contribution in [1.82, 2.24) is 4.98 Å². The Labute approximate surface area is 119 Å². The van der Waals surface area contributed by atoms with Crippen LogP contribution in [0.4, 0.5) is 13.2 Å². The number of hydrogen-bond acceptors (Lipinski definition) is 2. The van der Waals surface area contributed by atoms with Gasteiger partial charge in [-0.1, -0.05) is 17.7 Å². The maximum Gasteiger partial charge on any atom is 0.416 e. The molecule has 0 atom stereocenters. The molecule has 6 heteroatoms. The highest BCUT2D eigenvalue weighted by molar-refractivity contribution is 6.31. The SMILES string of the molecule is Cc1ccc(OCc2c(Cl)cccc2C(F)(F)F)cn1. The predicted molar refractivity (Wildman–Crippen MR) is 69.8 cm³/mol. The molecule has 0 unspecified atom stereocenters. The van der Waals surface area contributed by atoms with Crippen LogP contribution >= 0.6 is 11.6 Å². The first kappa shape index (κ1) is 14.7. The molecule has 0 N–H and O–H groups in total. The largest absolute Gasteiger partial charge is 0.487 e. The molecule has 0 aliphatic carbocycles. The van der Waals surface area contributed by atoms with Gasteiger partial charge in [-0.2, -0.15) is 13.2 Å². The van der Waals surface area contributed by atoms with Gasteiger partial charge in [0.05, 0.1) is 11.8 Å². The van der Waals surface area contributed by atoms with Gasteiger partial charge in [-0.3, -0.25) is 4.98 Å². The highest BCUT2D eigenvalue weighted by atomic mass is 35.5. The molecule has 1 aromatic heterocycles. The number of halogens is 4. The van der Waals surface area contributed by atoms with E-state index in [0.717, 1.165) is 11.8 Å². The molecule has 0 aliphatic heterocycles. The maximum absolute atomic E-state index is 12.9. The molecule has 1 aromatic carbocycles. The Balaban J connectivity index is 2.23. The fourth-order valence-corrected chi connectivity index (χ4v) is 1.90. The van der Waals surface area contributed by atoms with E-state index in [-0.39, 0.29) is 17.2 Å². The van der Waals surface area contributed by atoms with Crippen molar-refractivity contribution in [3.63, 3.8) is 0 Å². The third-order valence-electron chi connectivity index (χ3n) is 2.69. The summed E-state index contributed by atoms with van der Waals surface area (Å²) in [5.41, 5.74) is -0.0709. The lowest BCUT2D eigenvalue weighted by Crippen LogP contribution is -2.11. The van der Waals surface area contributed by atoms with E-state index >= 15 is 0 Å². The summed E-state index contributed by atoms with van der Waals surface area (Å²) < 4.78 is 44.0. The Kier molecular flexibility index (Phi) is 4.18. The zero-order chi connectivity index (χ0) is 14.8. The third kappa shape index (κ3) is 3.42. The van der Waals surface area contributed by atoms with Gasteiger partial charge in [-0.05, 0) is 31.2 Å². The Morgan fingerprint density at radius 2 is 1.95 bits per heavy atom. The fourth-order valence-electron chi connectivity index (χ4n) is 1.67. The van der Waals surface area contributed by atoms with Crippen molar-refractivity contribution in [1.29, 1.82) is 0 Å². The molecular formula is C14H11ClF3NO. The molecular weight excluding hydrogens is 291 g/mol. The molecule has 20 heavy (non-hydrogen) atoms. The maximum atomic E-state index is 12.9. The van der Waals surface area contributed by atoms with Crippen LogP contribution in [0.2, 0.25) is 5.02 Å². The molecule has 106 valence electrons. The van der Waals surface area contributed by atoms with Gasteiger partial charge >= 0.3 is 6.18 Å². The Bertz CT molecular complexity index is 596. The molecule has 0 saturated heterocycles. The van der Waals surface area contributed by atoms with Gasteiger partial charge in [0.15, 0.2) is 0 Å². The molecule has 1 heterocycles. The standard InChI is InChI=1S/C14H11ClF3NO/c1-9-5-6-10(7-19-9)20-8-11-12(14(16,17)18)3-2-4-13(11)15/h2-7H,8H2,1H3. The molecule has 0 radical (unpaired) electrons. The van der Waals surface area contributed by atoms with Gasteiger partial charge in [-0.15, -0.1) is 0 Å². The van der Waals surface area contributed by atoms with Crippen LogP contribution in [-0.4, -0.2) is 4.98 Å². The second-order valence-electron chi connectivity index (χ2n) is 4.19. The zero-order valence-corrected chi connectivity index (χ0v) is 11.3. The first-order valence-electron chi connectivity index (χ1n) is 5.78. The monoisotopic (exact) mass is 301 g/mol. The second-order valence-corrected chi connectivity index (χ2v) is 4.59. The van der Waals surface area contributed by atoms with Gasteiger partial charge < -0.3 is 4.74 Å². The third-order valence-corrected chi connectivity index (χ3v) is 3.05. The minimum absolute atomic E-state index is 0.0277. The first-order chi connectivity index (χ1) is 9.38. The number of nitrogens with zero attached hydrogens (tertiary/aromatic N) is 1. The normalized spacial score (nSPS) is 11.4. The summed E-state index contributed by atoms with van der Waals surface area (Å²) in [5.74, 6) is 0.392. The van der Waals surface area contributed by atoms with E-state index in [2.05, 4.69) is 4.98 Å². The van der Waals surface area contributed by atoms with E-state index in [4.69, 9.17) is 16.3 Å². The van der Waals surface area contributed by atoms with E-state index in [1.165, 1.54) is 18.3 Å². The van der Waals surface area contributed by atoms with Crippen LogP contribution in [0.15, 0.2) is 36.5 Å². The quantitative estimate of drug-likeness (QED) is 0.824. The average Bonchev–Trinajstić information content (AvgIpc) is 2.38. The number of aromatic nitrogens is 1. The molecule has 2 aromatic rings. The van der Waals surface area contributed by atoms with E-state index in [0.29, 0.717) is 5.75 Å². The minimum Gasteiger partial charge on any atom is -0.487 e. The molecule has 0 amide bonds. The Morgan fingerprint density at radius 3 is 2.55 bits per heavy atom. The van der Waals surface area contributed by atoms with Crippen LogP contribution in [0.25, 0.3) is 0 Å². The van der Waals surface area contributed by atoms with Crippen LogP contribution in [0.3, 0.4) is 0 Å². The van der Waals surface area contributed by atoms with Gasteiger partial charge in [-0.25, -0.2) is 0 Å². The number of aryl methyl sites for hydroxylation is 1. The molecule has 2 nitrogen and oxygen atoms in total. The summed E-state index contributed by atoms with van der Waals surface area (Å²) >= 11 is 5.83. The minimum atomic E-state index is -4.46. The summed E-state index contributed by atoms with van der Waals surface area (Å²) in [4.78, 5) is 4.00. The average molecular weight is 302 g/mol. The lowest BCUT2D eigenvalue weighted by Gasteiger charge is -2.15. The Hall–Kier alpha value is -1.75. The Morgan fingerprint density at radius 1 is 1.20 bits per heavy atom. The van der Waals surface area contributed by atoms with Crippen molar-refractivity contribution in [3.05, 3.63) is 58.4 Å². The van der Waals surface area contributed by atoms with Crippen LogP contribution in [0.5, 0.6) is 5.75 Å². The van der Waals surface area contributed by atoms with Crippen molar-refractivity contribution < 1.29 is 17.9 Å². The summed E-state index contributed by atoms with van der Waals surface area (Å²) in [6.45, 7) is 1.54. The molecule has 0 fully saturated rings. The topological polar surface area (TPSA) is 22.1 Å². The van der Waals surface area contributed by atoms with Gasteiger partial charge in [0, 0.05) is 16.3 Å². The number of alkyl halides is 3. The lowest BCUT2D eigenvalue weighted by molar-refractivity contribution is -0.138. The van der Waals surface area contributed by atoms with Crippen molar-refractivity contribution in [3.8, 4) is 5.75 Å². The van der Waals surface area contributed by atoms with Crippen molar-refractivity contribution in [2.24, 2.45) is 0 Å². The van der Waals surface area contributed by atoms with Crippen molar-refractivity contribution in [2.45, 2.75) is 19.7 Å². The van der Waals surface area contributed by atoms with Crippen LogP contribution in [0.1, 0.15) is 16.8 Å². The smallest absolute Gasteiger partial charge is 0.416 e. The van der Waals surface area contributed by atoms with E-state index in [1.54, 1.807) is 19.1 Å². The highest BCUT2D eigenvalue weighted by Crippen LogP contribution is 2.35.